The average Bonchev–Trinajstić information content (AvgIpc) is 2.99. The molecule has 3 nitrogen and oxygen atoms in total. The van der Waals surface area contributed by atoms with Gasteiger partial charge < -0.3 is 10.3 Å². The Kier molecular flexibility index (Phi) is 7.14. The standard InChI is InChI=1S/C25H27N3S/c1-3-10-23-25(21-12-5-4-6-13-21)19(2)22(28(23)18-27-17-26)15-9-14-20-11-7-8-16-24(20)29/h3-13,15-17,29H,14,18H2,1-2H3,(H2,26,27)/b10-3-,15-9-. The molecule has 4 heteroatoms. The second-order valence-corrected chi connectivity index (χ2v) is 7.25. The molecule has 2 N–H and O–H groups in total. The van der Waals surface area contributed by atoms with Crippen LogP contribution >= 0.6 is 12.6 Å². The summed E-state index contributed by atoms with van der Waals surface area (Å²) in [5, 5.41) is 0. The van der Waals surface area contributed by atoms with Crippen molar-refractivity contribution < 1.29 is 0 Å². The number of allylic oxidation sites excluding steroid dienone is 2. The van der Waals surface area contributed by atoms with Gasteiger partial charge in [-0.25, -0.2) is 0 Å². The van der Waals surface area contributed by atoms with E-state index in [0.29, 0.717) is 6.67 Å². The molecule has 0 unspecified atom stereocenters. The molecule has 0 atom stereocenters. The van der Waals surface area contributed by atoms with Gasteiger partial charge in [-0.1, -0.05) is 60.7 Å². The number of hydrogen-bond donors (Lipinski definition) is 2. The minimum Gasteiger partial charge on any atom is -0.390 e. The van der Waals surface area contributed by atoms with E-state index in [2.05, 4.69) is 83.7 Å². The summed E-state index contributed by atoms with van der Waals surface area (Å²) in [5.41, 5.74) is 12.7. The van der Waals surface area contributed by atoms with Gasteiger partial charge in [0.1, 0.15) is 6.67 Å². The third-order valence-electron chi connectivity index (χ3n) is 4.92. The van der Waals surface area contributed by atoms with Crippen molar-refractivity contribution in [1.29, 1.82) is 0 Å². The van der Waals surface area contributed by atoms with Gasteiger partial charge in [0.25, 0.3) is 0 Å². The van der Waals surface area contributed by atoms with Crippen LogP contribution in [-0.4, -0.2) is 10.9 Å². The maximum Gasteiger partial charge on any atom is 0.116 e. The van der Waals surface area contributed by atoms with Gasteiger partial charge in [0.15, 0.2) is 0 Å². The Bertz CT molecular complexity index is 1040. The van der Waals surface area contributed by atoms with Crippen LogP contribution in [0.25, 0.3) is 23.3 Å². The highest BCUT2D eigenvalue weighted by Gasteiger charge is 2.18. The number of aromatic nitrogens is 1. The Hall–Kier alpha value is -2.98. The van der Waals surface area contributed by atoms with Gasteiger partial charge >= 0.3 is 0 Å². The van der Waals surface area contributed by atoms with E-state index in [9.17, 15) is 0 Å². The van der Waals surface area contributed by atoms with Crippen molar-refractivity contribution in [3.8, 4) is 11.1 Å². The summed E-state index contributed by atoms with van der Waals surface area (Å²) in [6.07, 6.45) is 10.8. The summed E-state index contributed by atoms with van der Waals surface area (Å²) < 4.78 is 2.21. The van der Waals surface area contributed by atoms with Gasteiger partial charge in [-0.15, -0.1) is 12.6 Å². The molecule has 0 aliphatic rings. The van der Waals surface area contributed by atoms with Crippen molar-refractivity contribution >= 4 is 31.1 Å². The Morgan fingerprint density at radius 2 is 1.72 bits per heavy atom. The Balaban J connectivity index is 2.09. The van der Waals surface area contributed by atoms with Crippen LogP contribution in [0.5, 0.6) is 0 Å². The lowest BCUT2D eigenvalue weighted by Gasteiger charge is -2.08. The maximum absolute atomic E-state index is 5.55. The predicted molar refractivity (Wildman–Crippen MR) is 128 cm³/mol. The third-order valence-corrected chi connectivity index (χ3v) is 5.35. The van der Waals surface area contributed by atoms with Gasteiger partial charge in [-0.05, 0) is 55.2 Å². The minimum atomic E-state index is 0.479. The summed E-state index contributed by atoms with van der Waals surface area (Å²) in [6, 6.07) is 18.7. The molecule has 0 amide bonds. The molecule has 0 aliphatic carbocycles. The van der Waals surface area contributed by atoms with E-state index >= 15 is 0 Å². The van der Waals surface area contributed by atoms with Crippen LogP contribution in [-0.2, 0) is 13.1 Å². The molecule has 0 bridgehead atoms. The Morgan fingerprint density at radius 1 is 1.00 bits per heavy atom. The number of nitrogens with two attached hydrogens (primary N) is 1. The van der Waals surface area contributed by atoms with Crippen molar-refractivity contribution in [2.24, 2.45) is 10.7 Å². The molecule has 1 heterocycles. The van der Waals surface area contributed by atoms with Gasteiger partial charge in [0.05, 0.1) is 12.0 Å². The first-order chi connectivity index (χ1) is 14.2. The van der Waals surface area contributed by atoms with Gasteiger partial charge in [0, 0.05) is 16.2 Å². The van der Waals surface area contributed by atoms with Crippen LogP contribution < -0.4 is 5.73 Å². The topological polar surface area (TPSA) is 43.3 Å². The lowest BCUT2D eigenvalue weighted by Crippen LogP contribution is -2.03. The Labute approximate surface area is 178 Å². The highest BCUT2D eigenvalue weighted by Crippen LogP contribution is 2.34. The number of hydrogen-bond acceptors (Lipinski definition) is 2. The first kappa shape index (κ1) is 20.7. The lowest BCUT2D eigenvalue weighted by molar-refractivity contribution is 0.727. The van der Waals surface area contributed by atoms with Crippen molar-refractivity contribution in [3.63, 3.8) is 0 Å². The first-order valence-electron chi connectivity index (χ1n) is 9.72. The van der Waals surface area contributed by atoms with E-state index in [1.807, 2.05) is 31.2 Å². The van der Waals surface area contributed by atoms with Crippen LogP contribution in [0.3, 0.4) is 0 Å². The van der Waals surface area contributed by atoms with Crippen molar-refractivity contribution in [2.75, 3.05) is 0 Å². The molecule has 0 fully saturated rings. The highest BCUT2D eigenvalue weighted by atomic mass is 32.1. The summed E-state index contributed by atoms with van der Waals surface area (Å²) in [4.78, 5) is 5.32. The van der Waals surface area contributed by atoms with E-state index in [0.717, 1.165) is 22.7 Å². The molecule has 29 heavy (non-hydrogen) atoms. The van der Waals surface area contributed by atoms with E-state index < -0.39 is 0 Å². The summed E-state index contributed by atoms with van der Waals surface area (Å²) in [7, 11) is 0. The second kappa shape index (κ2) is 9.99. The van der Waals surface area contributed by atoms with E-state index in [1.165, 1.54) is 28.6 Å². The quantitative estimate of drug-likeness (QED) is 0.285. The number of rotatable bonds is 7. The van der Waals surface area contributed by atoms with Crippen molar-refractivity contribution in [1.82, 2.24) is 4.57 Å². The molecule has 3 rings (SSSR count). The molecule has 2 aromatic carbocycles. The van der Waals surface area contributed by atoms with E-state index in [-0.39, 0.29) is 0 Å². The zero-order chi connectivity index (χ0) is 20.6. The van der Waals surface area contributed by atoms with Gasteiger partial charge in [-0.3, -0.25) is 4.99 Å². The van der Waals surface area contributed by atoms with E-state index in [4.69, 9.17) is 5.73 Å². The maximum atomic E-state index is 5.55. The normalized spacial score (nSPS) is 12.0. The zero-order valence-corrected chi connectivity index (χ0v) is 17.8. The molecule has 0 aliphatic heterocycles. The highest BCUT2D eigenvalue weighted by molar-refractivity contribution is 7.80. The van der Waals surface area contributed by atoms with Crippen molar-refractivity contribution in [3.05, 3.63) is 89.3 Å². The number of nitrogens with zero attached hydrogens (tertiary/aromatic N) is 2. The van der Waals surface area contributed by atoms with Crippen LogP contribution in [0.1, 0.15) is 29.4 Å². The Morgan fingerprint density at radius 3 is 2.41 bits per heavy atom. The predicted octanol–water partition coefficient (Wildman–Crippen LogP) is 5.99. The van der Waals surface area contributed by atoms with Gasteiger partial charge in [0.2, 0.25) is 0 Å². The number of aliphatic imine (C=N–C) groups is 1. The number of benzene rings is 2. The average molecular weight is 402 g/mol. The molecular formula is C25H27N3S. The fourth-order valence-electron chi connectivity index (χ4n) is 3.56. The smallest absolute Gasteiger partial charge is 0.116 e. The molecular weight excluding hydrogens is 374 g/mol. The molecule has 148 valence electrons. The molecule has 3 aromatic rings. The minimum absolute atomic E-state index is 0.479. The zero-order valence-electron chi connectivity index (χ0n) is 16.9. The van der Waals surface area contributed by atoms with E-state index in [1.54, 1.807) is 0 Å². The van der Waals surface area contributed by atoms with Crippen LogP contribution in [0.4, 0.5) is 0 Å². The van der Waals surface area contributed by atoms with Gasteiger partial charge in [-0.2, -0.15) is 0 Å². The van der Waals surface area contributed by atoms with Crippen LogP contribution in [0.2, 0.25) is 0 Å². The first-order valence-corrected chi connectivity index (χ1v) is 10.2. The third kappa shape index (κ3) is 4.72. The second-order valence-electron chi connectivity index (χ2n) is 6.77. The number of thiol groups is 1. The molecule has 0 radical (unpaired) electrons. The molecule has 0 saturated carbocycles. The van der Waals surface area contributed by atoms with Crippen LogP contribution in [0, 0.1) is 6.92 Å². The summed E-state index contributed by atoms with van der Waals surface area (Å²) in [5.74, 6) is 0. The monoisotopic (exact) mass is 401 g/mol. The largest absolute Gasteiger partial charge is 0.390 e. The van der Waals surface area contributed by atoms with Crippen molar-refractivity contribution in [2.45, 2.75) is 31.8 Å². The molecule has 1 aromatic heterocycles. The summed E-state index contributed by atoms with van der Waals surface area (Å²) in [6.45, 7) is 4.68. The fraction of sp³-hybridized carbons (Fsp3) is 0.160. The lowest BCUT2D eigenvalue weighted by atomic mass is 10.0. The fourth-order valence-corrected chi connectivity index (χ4v) is 3.82. The molecule has 0 spiro atoms. The SMILES string of the molecule is C/C=C\c1c(-c2ccccc2)c(C)c(/C=C\Cc2ccccc2S)n1C/N=C\N. The summed E-state index contributed by atoms with van der Waals surface area (Å²) >= 11 is 4.56. The van der Waals surface area contributed by atoms with Crippen LogP contribution in [0.15, 0.2) is 76.6 Å². The molecule has 0 saturated heterocycles.